The Morgan fingerprint density at radius 1 is 0.968 bits per heavy atom. The van der Waals surface area contributed by atoms with Gasteiger partial charge in [-0.05, 0) is 53.7 Å². The molecule has 0 aliphatic rings. The molecule has 0 aliphatic carbocycles. The summed E-state index contributed by atoms with van der Waals surface area (Å²) in [5.74, 6) is 0.877. The second-order valence-corrected chi connectivity index (χ2v) is 7.74. The molecule has 0 saturated heterocycles. The number of carbonyl (C=O) groups excluding carboxylic acids is 2. The van der Waals surface area contributed by atoms with Crippen molar-refractivity contribution in [1.82, 2.24) is 20.2 Å². The zero-order valence-corrected chi connectivity index (χ0v) is 17.5. The lowest BCUT2D eigenvalue weighted by Crippen LogP contribution is -2.13. The number of rotatable bonds is 7. The first-order valence-electron chi connectivity index (χ1n) is 9.58. The molecule has 7 nitrogen and oxygen atoms in total. The average Bonchev–Trinajstić information content (AvgIpc) is 3.27. The molecule has 0 radical (unpaired) electrons. The summed E-state index contributed by atoms with van der Waals surface area (Å²) in [6.45, 7) is 1.50. The number of tetrazole rings is 1. The van der Waals surface area contributed by atoms with Gasteiger partial charge >= 0.3 is 0 Å². The molecule has 154 valence electrons. The minimum atomic E-state index is -0.244. The molecule has 1 heterocycles. The van der Waals surface area contributed by atoms with Crippen LogP contribution in [0.15, 0.2) is 83.8 Å². The molecule has 1 N–H and O–H groups in total. The van der Waals surface area contributed by atoms with Gasteiger partial charge in [-0.2, -0.15) is 4.68 Å². The molecule has 0 atom stereocenters. The Kier molecular flexibility index (Phi) is 6.18. The van der Waals surface area contributed by atoms with Crippen molar-refractivity contribution in [2.45, 2.75) is 17.6 Å². The molecular weight excluding hydrogens is 410 g/mol. The number of para-hydroxylation sites is 1. The number of benzene rings is 3. The average molecular weight is 430 g/mol. The van der Waals surface area contributed by atoms with Crippen LogP contribution in [0.2, 0.25) is 0 Å². The van der Waals surface area contributed by atoms with Gasteiger partial charge in [-0.1, -0.05) is 42.5 Å². The maximum absolute atomic E-state index is 12.9. The highest BCUT2D eigenvalue weighted by molar-refractivity contribution is 7.98. The number of amides is 1. The molecule has 0 bridgehead atoms. The van der Waals surface area contributed by atoms with Crippen LogP contribution >= 0.6 is 11.8 Å². The van der Waals surface area contributed by atoms with Crippen molar-refractivity contribution >= 4 is 29.1 Å². The summed E-state index contributed by atoms with van der Waals surface area (Å²) in [5, 5.41) is 14.9. The van der Waals surface area contributed by atoms with Gasteiger partial charge in [-0.25, -0.2) is 0 Å². The maximum atomic E-state index is 12.9. The predicted molar refractivity (Wildman–Crippen MR) is 120 cm³/mol. The van der Waals surface area contributed by atoms with Crippen molar-refractivity contribution in [2.75, 3.05) is 5.32 Å². The van der Waals surface area contributed by atoms with Gasteiger partial charge < -0.3 is 5.32 Å². The Hall–Kier alpha value is -3.78. The highest BCUT2D eigenvalue weighted by Gasteiger charge is 2.15. The van der Waals surface area contributed by atoms with Gasteiger partial charge in [-0.3, -0.25) is 9.59 Å². The summed E-state index contributed by atoms with van der Waals surface area (Å²) in [6, 6.07) is 23.9. The molecule has 4 rings (SSSR count). The third-order valence-corrected chi connectivity index (χ3v) is 5.62. The second kappa shape index (κ2) is 9.36. The molecule has 0 fully saturated rings. The van der Waals surface area contributed by atoms with Crippen LogP contribution in [0.3, 0.4) is 0 Å². The Morgan fingerprint density at radius 2 is 1.74 bits per heavy atom. The number of thioether (sulfide) groups is 1. The first-order chi connectivity index (χ1) is 15.1. The lowest BCUT2D eigenvalue weighted by atomic mass is 10.1. The number of carbonyl (C=O) groups is 2. The molecule has 31 heavy (non-hydrogen) atoms. The Morgan fingerprint density at radius 3 is 2.55 bits per heavy atom. The monoisotopic (exact) mass is 429 g/mol. The molecule has 0 aliphatic heterocycles. The molecule has 0 unspecified atom stereocenters. The summed E-state index contributed by atoms with van der Waals surface area (Å²) in [6.07, 6.45) is 0. The van der Waals surface area contributed by atoms with Crippen LogP contribution < -0.4 is 5.32 Å². The number of hydrogen-bond donors (Lipinski definition) is 1. The summed E-state index contributed by atoms with van der Waals surface area (Å²) in [5.41, 5.74) is 2.54. The molecule has 8 heteroatoms. The fraction of sp³-hybridized carbons (Fsp3) is 0.0870. The van der Waals surface area contributed by atoms with Crippen molar-refractivity contribution in [3.05, 3.63) is 95.8 Å². The Bertz CT molecular complexity index is 1220. The van der Waals surface area contributed by atoms with E-state index in [0.717, 1.165) is 10.6 Å². The first-order valence-corrected chi connectivity index (χ1v) is 10.6. The lowest BCUT2D eigenvalue weighted by Gasteiger charge is -2.10. The third kappa shape index (κ3) is 4.87. The Balaban J connectivity index is 1.51. The van der Waals surface area contributed by atoms with E-state index in [9.17, 15) is 9.59 Å². The van der Waals surface area contributed by atoms with Crippen LogP contribution in [0, 0.1) is 0 Å². The first kappa shape index (κ1) is 20.5. The summed E-state index contributed by atoms with van der Waals surface area (Å²) in [7, 11) is 0. The van der Waals surface area contributed by atoms with Gasteiger partial charge in [0, 0.05) is 16.1 Å². The van der Waals surface area contributed by atoms with Gasteiger partial charge in [-0.15, -0.1) is 16.9 Å². The fourth-order valence-corrected chi connectivity index (χ4v) is 3.96. The largest absolute Gasteiger partial charge is 0.322 e. The van der Waals surface area contributed by atoms with Crippen molar-refractivity contribution in [3.8, 4) is 5.69 Å². The summed E-state index contributed by atoms with van der Waals surface area (Å²) >= 11 is 1.48. The second-order valence-electron chi connectivity index (χ2n) is 6.72. The van der Waals surface area contributed by atoms with E-state index < -0.39 is 0 Å². The molecule has 0 spiro atoms. The van der Waals surface area contributed by atoms with E-state index in [1.54, 1.807) is 35.0 Å². The summed E-state index contributed by atoms with van der Waals surface area (Å²) in [4.78, 5) is 25.3. The number of aromatic nitrogens is 4. The van der Waals surface area contributed by atoms with Gasteiger partial charge in [0.05, 0.1) is 17.0 Å². The molecule has 1 amide bonds. The SMILES string of the molecule is CC(=O)c1cccc(NC(=O)c2ccccc2SCc2nnnn2-c2ccccc2)c1. The van der Waals surface area contributed by atoms with Gasteiger partial charge in [0.1, 0.15) is 0 Å². The highest BCUT2D eigenvalue weighted by Crippen LogP contribution is 2.27. The molecule has 0 saturated carbocycles. The van der Waals surface area contributed by atoms with Crippen LogP contribution in [-0.2, 0) is 5.75 Å². The number of nitrogens with one attached hydrogen (secondary N) is 1. The van der Waals surface area contributed by atoms with Crippen molar-refractivity contribution < 1.29 is 9.59 Å². The highest BCUT2D eigenvalue weighted by atomic mass is 32.2. The predicted octanol–water partition coefficient (Wildman–Crippen LogP) is 4.41. The molecule has 3 aromatic carbocycles. The normalized spacial score (nSPS) is 10.6. The number of anilines is 1. The van der Waals surface area contributed by atoms with Gasteiger partial charge in [0.15, 0.2) is 11.6 Å². The molecule has 4 aromatic rings. The third-order valence-electron chi connectivity index (χ3n) is 4.55. The smallest absolute Gasteiger partial charge is 0.256 e. The lowest BCUT2D eigenvalue weighted by molar-refractivity contribution is 0.101. The molecular formula is C23H19N5O2S. The van der Waals surface area contributed by atoms with Gasteiger partial charge in [0.25, 0.3) is 5.91 Å². The quantitative estimate of drug-likeness (QED) is 0.346. The van der Waals surface area contributed by atoms with Crippen molar-refractivity contribution in [1.29, 1.82) is 0 Å². The van der Waals surface area contributed by atoms with Crippen molar-refractivity contribution in [2.24, 2.45) is 0 Å². The van der Waals surface area contributed by atoms with E-state index in [-0.39, 0.29) is 11.7 Å². The van der Waals surface area contributed by atoms with E-state index in [4.69, 9.17) is 0 Å². The van der Waals surface area contributed by atoms with Gasteiger partial charge in [0.2, 0.25) is 0 Å². The van der Waals surface area contributed by atoms with E-state index >= 15 is 0 Å². The summed E-state index contributed by atoms with van der Waals surface area (Å²) < 4.78 is 1.68. The van der Waals surface area contributed by atoms with Crippen LogP contribution in [0.4, 0.5) is 5.69 Å². The zero-order valence-electron chi connectivity index (χ0n) is 16.7. The topological polar surface area (TPSA) is 89.8 Å². The van der Waals surface area contributed by atoms with E-state index in [1.165, 1.54) is 18.7 Å². The van der Waals surface area contributed by atoms with E-state index in [1.807, 2.05) is 48.5 Å². The van der Waals surface area contributed by atoms with Crippen LogP contribution in [0.5, 0.6) is 0 Å². The van der Waals surface area contributed by atoms with E-state index in [0.29, 0.717) is 28.4 Å². The number of hydrogen-bond acceptors (Lipinski definition) is 6. The fourth-order valence-electron chi connectivity index (χ4n) is 3.00. The van der Waals surface area contributed by atoms with Crippen LogP contribution in [-0.4, -0.2) is 31.9 Å². The number of Topliss-reactive ketones (excluding diaryl/α,β-unsaturated/α-hetero) is 1. The van der Waals surface area contributed by atoms with E-state index in [2.05, 4.69) is 20.8 Å². The number of nitrogens with zero attached hydrogens (tertiary/aromatic N) is 4. The maximum Gasteiger partial charge on any atom is 0.256 e. The van der Waals surface area contributed by atoms with Crippen molar-refractivity contribution in [3.63, 3.8) is 0 Å². The Labute approximate surface area is 183 Å². The number of ketones is 1. The standard InChI is InChI=1S/C23H19N5O2S/c1-16(29)17-8-7-9-18(14-17)24-23(30)20-12-5-6-13-21(20)31-15-22-25-26-27-28(22)19-10-3-2-4-11-19/h2-14H,15H2,1H3,(H,24,30). The minimum Gasteiger partial charge on any atom is -0.322 e. The zero-order chi connectivity index (χ0) is 21.6. The van der Waals surface area contributed by atoms with Crippen LogP contribution in [0.25, 0.3) is 5.69 Å². The molecule has 1 aromatic heterocycles. The minimum absolute atomic E-state index is 0.0526. The van der Waals surface area contributed by atoms with Crippen LogP contribution in [0.1, 0.15) is 33.5 Å².